The second-order valence-electron chi connectivity index (χ2n) is 7.13. The fourth-order valence-electron chi connectivity index (χ4n) is 4.45. The highest BCUT2D eigenvalue weighted by Gasteiger charge is 2.13. The highest BCUT2D eigenvalue weighted by molar-refractivity contribution is 6.10. The minimum Gasteiger partial charge on any atom is -0.355 e. The van der Waals surface area contributed by atoms with E-state index in [1.54, 1.807) is 0 Å². The summed E-state index contributed by atoms with van der Waals surface area (Å²) in [5.41, 5.74) is 6.32. The molecule has 4 aromatic carbocycles. The molecule has 0 saturated carbocycles. The predicted octanol–water partition coefficient (Wildman–Crippen LogP) is 6.48. The molecule has 0 aliphatic rings. The van der Waals surface area contributed by atoms with Crippen LogP contribution in [-0.2, 0) is 6.54 Å². The first-order valence-electron chi connectivity index (χ1n) is 9.34. The highest BCUT2D eigenvalue weighted by atomic mass is 15.0. The Hall–Kier alpha value is -3.52. The number of H-pyrrole nitrogens is 1. The Bertz CT molecular complexity index is 1400. The van der Waals surface area contributed by atoms with Crippen molar-refractivity contribution in [1.29, 1.82) is 0 Å². The van der Waals surface area contributed by atoms with Gasteiger partial charge in [-0.1, -0.05) is 66.7 Å². The lowest BCUT2D eigenvalue weighted by Crippen LogP contribution is -1.99. The Morgan fingerprint density at radius 2 is 1.15 bits per heavy atom. The molecule has 6 rings (SSSR count). The topological polar surface area (TPSA) is 20.7 Å². The van der Waals surface area contributed by atoms with Crippen molar-refractivity contribution in [3.8, 4) is 0 Å². The maximum atomic E-state index is 3.56. The molecule has 0 bridgehead atoms. The standard InChI is InChI=1S/C25H18N2/c1-4-12-21-20(11-1)25-17(8-7-13-22(25)26-21)16-27-23-14-5-2-9-18(23)19-10-3-6-15-24(19)27/h1-15,26H,16H2. The number of hydrogen-bond acceptors (Lipinski definition) is 0. The molecule has 1 N–H and O–H groups in total. The third-order valence-corrected chi connectivity index (χ3v) is 5.62. The van der Waals surface area contributed by atoms with Gasteiger partial charge in [0.05, 0.1) is 0 Å². The van der Waals surface area contributed by atoms with Crippen LogP contribution in [0, 0.1) is 0 Å². The van der Waals surface area contributed by atoms with E-state index >= 15 is 0 Å². The van der Waals surface area contributed by atoms with Crippen LogP contribution in [0.15, 0.2) is 91.0 Å². The molecule has 6 aromatic rings. The fourth-order valence-corrected chi connectivity index (χ4v) is 4.45. The van der Waals surface area contributed by atoms with Gasteiger partial charge in [-0.05, 0) is 29.8 Å². The Kier molecular flexibility index (Phi) is 2.97. The monoisotopic (exact) mass is 346 g/mol. The van der Waals surface area contributed by atoms with E-state index in [0.717, 1.165) is 6.54 Å². The molecule has 0 aliphatic carbocycles. The van der Waals surface area contributed by atoms with E-state index in [-0.39, 0.29) is 0 Å². The lowest BCUT2D eigenvalue weighted by Gasteiger charge is -2.09. The summed E-state index contributed by atoms with van der Waals surface area (Å²) in [5, 5.41) is 5.26. The molecular formula is C25H18N2. The maximum Gasteiger partial charge on any atom is 0.0494 e. The van der Waals surface area contributed by atoms with Crippen LogP contribution in [-0.4, -0.2) is 9.55 Å². The van der Waals surface area contributed by atoms with E-state index in [4.69, 9.17) is 0 Å². The van der Waals surface area contributed by atoms with Crippen LogP contribution >= 0.6 is 0 Å². The summed E-state index contributed by atoms with van der Waals surface area (Å²) in [7, 11) is 0. The van der Waals surface area contributed by atoms with Crippen LogP contribution in [0.25, 0.3) is 43.6 Å². The van der Waals surface area contributed by atoms with Gasteiger partial charge in [0.2, 0.25) is 0 Å². The molecule has 0 radical (unpaired) electrons. The number of aromatic amines is 1. The normalized spacial score (nSPS) is 11.9. The SMILES string of the molecule is c1ccc2c(c1)[nH]c1cccc(Cn3c4ccccc4c4ccccc43)c12. The second kappa shape index (κ2) is 5.49. The molecule has 0 atom stereocenters. The van der Waals surface area contributed by atoms with Crippen LogP contribution in [0.4, 0.5) is 0 Å². The van der Waals surface area contributed by atoms with Crippen molar-refractivity contribution in [3.05, 3.63) is 96.6 Å². The molecule has 2 heterocycles. The zero-order valence-corrected chi connectivity index (χ0v) is 14.8. The highest BCUT2D eigenvalue weighted by Crippen LogP contribution is 2.33. The first kappa shape index (κ1) is 14.6. The molecule has 0 aliphatic heterocycles. The van der Waals surface area contributed by atoms with Crippen molar-refractivity contribution in [3.63, 3.8) is 0 Å². The van der Waals surface area contributed by atoms with E-state index in [9.17, 15) is 0 Å². The fraction of sp³-hybridized carbons (Fsp3) is 0.0400. The van der Waals surface area contributed by atoms with E-state index in [1.165, 1.54) is 49.2 Å². The van der Waals surface area contributed by atoms with Crippen LogP contribution in [0.2, 0.25) is 0 Å². The van der Waals surface area contributed by atoms with Gasteiger partial charge in [-0.2, -0.15) is 0 Å². The molecular weight excluding hydrogens is 328 g/mol. The lowest BCUT2D eigenvalue weighted by atomic mass is 10.1. The average Bonchev–Trinajstić information content (AvgIpc) is 3.25. The number of nitrogens with one attached hydrogen (secondary N) is 1. The second-order valence-corrected chi connectivity index (χ2v) is 7.13. The molecule has 0 saturated heterocycles. The van der Waals surface area contributed by atoms with Gasteiger partial charge in [0, 0.05) is 50.2 Å². The molecule has 0 unspecified atom stereocenters. The Labute approximate surface area is 156 Å². The number of fused-ring (bicyclic) bond motifs is 6. The number of hydrogen-bond donors (Lipinski definition) is 1. The minimum absolute atomic E-state index is 0.854. The Balaban J connectivity index is 1.66. The summed E-state index contributed by atoms with van der Waals surface area (Å²) in [5.74, 6) is 0. The molecule has 0 fully saturated rings. The zero-order valence-electron chi connectivity index (χ0n) is 14.8. The van der Waals surface area contributed by atoms with Gasteiger partial charge >= 0.3 is 0 Å². The van der Waals surface area contributed by atoms with Crippen LogP contribution < -0.4 is 0 Å². The molecule has 2 aromatic heterocycles. The molecule has 2 heteroatoms. The summed E-state index contributed by atoms with van der Waals surface area (Å²) in [6.07, 6.45) is 0. The predicted molar refractivity (Wildman–Crippen MR) is 114 cm³/mol. The summed E-state index contributed by atoms with van der Waals surface area (Å²) >= 11 is 0. The van der Waals surface area contributed by atoms with Gasteiger partial charge in [0.25, 0.3) is 0 Å². The maximum absolute atomic E-state index is 3.56. The zero-order chi connectivity index (χ0) is 17.8. The molecule has 128 valence electrons. The van der Waals surface area contributed by atoms with E-state index in [1.807, 2.05) is 0 Å². The van der Waals surface area contributed by atoms with Gasteiger partial charge in [-0.15, -0.1) is 0 Å². The number of benzene rings is 4. The van der Waals surface area contributed by atoms with E-state index in [0.29, 0.717) is 0 Å². The van der Waals surface area contributed by atoms with Gasteiger partial charge < -0.3 is 9.55 Å². The summed E-state index contributed by atoms with van der Waals surface area (Å²) in [6, 6.07) is 32.6. The summed E-state index contributed by atoms with van der Waals surface area (Å²) in [4.78, 5) is 3.56. The quantitative estimate of drug-likeness (QED) is 0.370. The number of aromatic nitrogens is 2. The Morgan fingerprint density at radius 3 is 1.89 bits per heavy atom. The van der Waals surface area contributed by atoms with Crippen molar-refractivity contribution < 1.29 is 0 Å². The largest absolute Gasteiger partial charge is 0.355 e. The molecule has 2 nitrogen and oxygen atoms in total. The summed E-state index contributed by atoms with van der Waals surface area (Å²) < 4.78 is 2.45. The number of nitrogens with zero attached hydrogens (tertiary/aromatic N) is 1. The third-order valence-electron chi connectivity index (χ3n) is 5.62. The van der Waals surface area contributed by atoms with Crippen molar-refractivity contribution >= 4 is 43.6 Å². The van der Waals surface area contributed by atoms with Gasteiger partial charge in [0.1, 0.15) is 0 Å². The van der Waals surface area contributed by atoms with Crippen LogP contribution in [0.1, 0.15) is 5.56 Å². The minimum atomic E-state index is 0.854. The average molecular weight is 346 g/mol. The number of rotatable bonds is 2. The molecule has 27 heavy (non-hydrogen) atoms. The van der Waals surface area contributed by atoms with Crippen molar-refractivity contribution in [2.45, 2.75) is 6.54 Å². The van der Waals surface area contributed by atoms with Crippen molar-refractivity contribution in [2.75, 3.05) is 0 Å². The Morgan fingerprint density at radius 1 is 0.556 bits per heavy atom. The van der Waals surface area contributed by atoms with Gasteiger partial charge in [-0.25, -0.2) is 0 Å². The van der Waals surface area contributed by atoms with Crippen LogP contribution in [0.5, 0.6) is 0 Å². The molecule has 0 amide bonds. The molecule has 0 spiro atoms. The third kappa shape index (κ3) is 2.07. The van der Waals surface area contributed by atoms with E-state index in [2.05, 4.69) is 101 Å². The van der Waals surface area contributed by atoms with Crippen LogP contribution in [0.3, 0.4) is 0 Å². The first-order chi connectivity index (χ1) is 13.4. The number of para-hydroxylation sites is 3. The van der Waals surface area contributed by atoms with Gasteiger partial charge in [-0.3, -0.25) is 0 Å². The first-order valence-corrected chi connectivity index (χ1v) is 9.34. The van der Waals surface area contributed by atoms with Gasteiger partial charge in [0.15, 0.2) is 0 Å². The van der Waals surface area contributed by atoms with Crippen molar-refractivity contribution in [2.24, 2.45) is 0 Å². The smallest absolute Gasteiger partial charge is 0.0494 e. The van der Waals surface area contributed by atoms with Crippen molar-refractivity contribution in [1.82, 2.24) is 9.55 Å². The summed E-state index contributed by atoms with van der Waals surface area (Å²) in [6.45, 7) is 0.854. The van der Waals surface area contributed by atoms with E-state index < -0.39 is 0 Å². The lowest BCUT2D eigenvalue weighted by molar-refractivity contribution is 0.876.